The van der Waals surface area contributed by atoms with E-state index in [9.17, 15) is 9.90 Å². The molecule has 8 atom stereocenters. The number of carbonyl (C=O) groups excluding carboxylic acids is 1. The molecule has 0 aromatic rings. The monoisotopic (exact) mass is 424 g/mol. The van der Waals surface area contributed by atoms with E-state index in [1.54, 1.807) is 6.92 Å². The number of aliphatic hydroxyl groups is 6. The van der Waals surface area contributed by atoms with E-state index in [2.05, 4.69) is 0 Å². The molecule has 0 aromatic carbocycles. The minimum absolute atomic E-state index is 0.0162. The number of aliphatic hydroxyl groups excluding tert-OH is 6. The zero-order chi connectivity index (χ0) is 22.0. The first-order valence-corrected chi connectivity index (χ1v) is 10.1. The summed E-state index contributed by atoms with van der Waals surface area (Å²) in [6.45, 7) is 3.68. The molecule has 2 aliphatic heterocycles. The van der Waals surface area contributed by atoms with Crippen LogP contribution >= 0.6 is 0 Å². The molecule has 10 heteroatoms. The Balaban J connectivity index is 0.000000326. The van der Waals surface area contributed by atoms with Gasteiger partial charge in [0.1, 0.15) is 12.2 Å². The molecule has 2 fully saturated rings. The Labute approximate surface area is 171 Å². The molecule has 0 amide bonds. The van der Waals surface area contributed by atoms with Crippen LogP contribution in [0.1, 0.15) is 46.0 Å². The average Bonchev–Trinajstić information content (AvgIpc) is 2.64. The van der Waals surface area contributed by atoms with Gasteiger partial charge in [0.2, 0.25) is 0 Å². The zero-order valence-corrected chi connectivity index (χ0v) is 17.1. The SMILES string of the molecule is CCOC(=O)CC(C)CC1CC(O)CC(CO)O1.OCC1OC(O)CC(O)C1O. The third-order valence-electron chi connectivity index (χ3n) is 4.87. The van der Waals surface area contributed by atoms with Crippen LogP contribution in [0.5, 0.6) is 0 Å². The molecule has 172 valence electrons. The molecule has 2 rings (SSSR count). The normalized spacial score (nSPS) is 35.9. The highest BCUT2D eigenvalue weighted by Crippen LogP contribution is 2.25. The van der Waals surface area contributed by atoms with Crippen molar-refractivity contribution in [1.82, 2.24) is 0 Å². The number of carbonyl (C=O) groups is 1. The number of esters is 1. The average molecular weight is 424 g/mol. The quantitative estimate of drug-likeness (QED) is 0.270. The topological polar surface area (TPSA) is 166 Å². The van der Waals surface area contributed by atoms with Crippen LogP contribution in [0.2, 0.25) is 0 Å². The largest absolute Gasteiger partial charge is 0.466 e. The first-order valence-electron chi connectivity index (χ1n) is 10.1. The maximum Gasteiger partial charge on any atom is 0.306 e. The lowest BCUT2D eigenvalue weighted by Gasteiger charge is -2.33. The van der Waals surface area contributed by atoms with Crippen molar-refractivity contribution in [1.29, 1.82) is 0 Å². The van der Waals surface area contributed by atoms with E-state index >= 15 is 0 Å². The molecule has 0 radical (unpaired) electrons. The van der Waals surface area contributed by atoms with Gasteiger partial charge >= 0.3 is 5.97 Å². The molecule has 10 nitrogen and oxygen atoms in total. The van der Waals surface area contributed by atoms with E-state index < -0.39 is 37.3 Å². The predicted octanol–water partition coefficient (Wildman–Crippen LogP) is -1.33. The van der Waals surface area contributed by atoms with E-state index in [4.69, 9.17) is 39.7 Å². The first-order chi connectivity index (χ1) is 13.7. The van der Waals surface area contributed by atoms with Crippen LogP contribution in [0.25, 0.3) is 0 Å². The van der Waals surface area contributed by atoms with Crippen molar-refractivity contribution in [3.63, 3.8) is 0 Å². The summed E-state index contributed by atoms with van der Waals surface area (Å²) in [4.78, 5) is 11.3. The predicted molar refractivity (Wildman–Crippen MR) is 101 cm³/mol. The molecule has 0 aromatic heterocycles. The second kappa shape index (κ2) is 13.5. The van der Waals surface area contributed by atoms with Crippen molar-refractivity contribution >= 4 is 5.97 Å². The fraction of sp³-hybridized carbons (Fsp3) is 0.947. The molecule has 2 saturated heterocycles. The molecule has 0 bridgehead atoms. The molecule has 0 spiro atoms. The van der Waals surface area contributed by atoms with Gasteiger partial charge < -0.3 is 44.8 Å². The molecule has 29 heavy (non-hydrogen) atoms. The third-order valence-corrected chi connectivity index (χ3v) is 4.87. The van der Waals surface area contributed by atoms with Gasteiger partial charge in [0.05, 0.1) is 44.2 Å². The number of hydrogen-bond donors (Lipinski definition) is 6. The molecule has 2 heterocycles. The molecular formula is C19H36O10. The standard InChI is InChI=1S/C13H24O5.C6H12O5/c1-3-17-13(16)5-9(2)4-11-6-10(15)7-12(8-14)18-11;7-2-4-6(10)3(8)1-5(9)11-4/h9-12,14-15H,3-8H2,1-2H3;3-10H,1-2H2. The molecule has 8 unspecified atom stereocenters. The van der Waals surface area contributed by atoms with Gasteiger partial charge in [-0.2, -0.15) is 0 Å². The molecular weight excluding hydrogens is 388 g/mol. The van der Waals surface area contributed by atoms with Gasteiger partial charge in [-0.05, 0) is 25.7 Å². The Morgan fingerprint density at radius 3 is 2.28 bits per heavy atom. The van der Waals surface area contributed by atoms with Crippen molar-refractivity contribution in [3.05, 3.63) is 0 Å². The number of ether oxygens (including phenoxy) is 3. The Kier molecular flexibility index (Phi) is 12.1. The van der Waals surface area contributed by atoms with Crippen molar-refractivity contribution in [3.8, 4) is 0 Å². The summed E-state index contributed by atoms with van der Waals surface area (Å²) in [5.74, 6) is -0.0428. The Hall–Kier alpha value is -0.850. The van der Waals surface area contributed by atoms with Gasteiger partial charge in [-0.3, -0.25) is 4.79 Å². The highest BCUT2D eigenvalue weighted by molar-refractivity contribution is 5.69. The Morgan fingerprint density at radius 1 is 1.03 bits per heavy atom. The van der Waals surface area contributed by atoms with E-state index in [0.29, 0.717) is 32.3 Å². The van der Waals surface area contributed by atoms with E-state index in [-0.39, 0.29) is 37.1 Å². The molecule has 0 aliphatic carbocycles. The van der Waals surface area contributed by atoms with Crippen LogP contribution in [0.15, 0.2) is 0 Å². The summed E-state index contributed by atoms with van der Waals surface area (Å²) in [5, 5.41) is 54.4. The van der Waals surface area contributed by atoms with Gasteiger partial charge in [0, 0.05) is 19.3 Å². The fourth-order valence-electron chi connectivity index (χ4n) is 3.47. The first kappa shape index (κ1) is 26.2. The minimum Gasteiger partial charge on any atom is -0.466 e. The number of rotatable bonds is 7. The van der Waals surface area contributed by atoms with E-state index in [0.717, 1.165) is 0 Å². The fourth-order valence-corrected chi connectivity index (χ4v) is 3.47. The lowest BCUT2D eigenvalue weighted by Crippen LogP contribution is -2.49. The smallest absolute Gasteiger partial charge is 0.306 e. The van der Waals surface area contributed by atoms with Gasteiger partial charge in [-0.25, -0.2) is 0 Å². The molecule has 0 saturated carbocycles. The molecule has 2 aliphatic rings. The van der Waals surface area contributed by atoms with Crippen LogP contribution in [0.3, 0.4) is 0 Å². The Bertz CT molecular complexity index is 462. The van der Waals surface area contributed by atoms with Crippen LogP contribution in [0, 0.1) is 5.92 Å². The minimum atomic E-state index is -1.11. The highest BCUT2D eigenvalue weighted by atomic mass is 16.6. The van der Waals surface area contributed by atoms with Gasteiger partial charge in [0.15, 0.2) is 6.29 Å². The zero-order valence-electron chi connectivity index (χ0n) is 17.1. The van der Waals surface area contributed by atoms with Gasteiger partial charge in [0.25, 0.3) is 0 Å². The summed E-state index contributed by atoms with van der Waals surface area (Å²) >= 11 is 0. The second-order valence-electron chi connectivity index (χ2n) is 7.64. The van der Waals surface area contributed by atoms with Crippen molar-refractivity contribution < 1.29 is 49.6 Å². The molecule has 6 N–H and O–H groups in total. The van der Waals surface area contributed by atoms with Crippen molar-refractivity contribution in [2.24, 2.45) is 5.92 Å². The summed E-state index contributed by atoms with van der Waals surface area (Å²) in [7, 11) is 0. The summed E-state index contributed by atoms with van der Waals surface area (Å²) in [5.41, 5.74) is 0. The summed E-state index contributed by atoms with van der Waals surface area (Å²) in [6.07, 6.45) is -2.78. The lowest BCUT2D eigenvalue weighted by atomic mass is 9.93. The highest BCUT2D eigenvalue weighted by Gasteiger charge is 2.35. The lowest BCUT2D eigenvalue weighted by molar-refractivity contribution is -0.239. The summed E-state index contributed by atoms with van der Waals surface area (Å²) < 4.78 is 15.3. The maximum absolute atomic E-state index is 11.3. The number of hydrogen-bond acceptors (Lipinski definition) is 10. The van der Waals surface area contributed by atoms with Crippen LogP contribution < -0.4 is 0 Å². The summed E-state index contributed by atoms with van der Waals surface area (Å²) in [6, 6.07) is 0. The van der Waals surface area contributed by atoms with Crippen LogP contribution in [0.4, 0.5) is 0 Å². The van der Waals surface area contributed by atoms with Crippen LogP contribution in [-0.2, 0) is 19.0 Å². The second-order valence-corrected chi connectivity index (χ2v) is 7.64. The third kappa shape index (κ3) is 9.67. The van der Waals surface area contributed by atoms with E-state index in [1.807, 2.05) is 6.92 Å². The van der Waals surface area contributed by atoms with Crippen molar-refractivity contribution in [2.45, 2.75) is 88.9 Å². The van der Waals surface area contributed by atoms with Crippen molar-refractivity contribution in [2.75, 3.05) is 19.8 Å². The Morgan fingerprint density at radius 2 is 1.69 bits per heavy atom. The van der Waals surface area contributed by atoms with Crippen LogP contribution in [-0.4, -0.2) is 99.3 Å². The maximum atomic E-state index is 11.3. The van der Waals surface area contributed by atoms with Gasteiger partial charge in [-0.15, -0.1) is 0 Å². The van der Waals surface area contributed by atoms with Gasteiger partial charge in [-0.1, -0.05) is 6.92 Å². The van der Waals surface area contributed by atoms with E-state index in [1.165, 1.54) is 0 Å².